The highest BCUT2D eigenvalue weighted by atomic mass is 35.5. The summed E-state index contributed by atoms with van der Waals surface area (Å²) in [6.45, 7) is 0. The Labute approximate surface area is 226 Å². The Bertz CT molecular complexity index is 1390. The van der Waals surface area contributed by atoms with Crippen molar-refractivity contribution in [1.82, 2.24) is 0 Å². The van der Waals surface area contributed by atoms with Gasteiger partial charge < -0.3 is 24.6 Å². The summed E-state index contributed by atoms with van der Waals surface area (Å²) >= 11 is 12.0. The third-order valence-corrected chi connectivity index (χ3v) is 5.68. The number of halogens is 2. The Hall–Kier alpha value is -4.41. The molecule has 3 rings (SSSR count). The van der Waals surface area contributed by atoms with Crippen molar-refractivity contribution in [2.75, 3.05) is 12.4 Å². The van der Waals surface area contributed by atoms with Gasteiger partial charge in [0.25, 0.3) is 5.91 Å². The number of carboxylic acid groups (broad SMARTS) is 1. The van der Waals surface area contributed by atoms with E-state index in [1.54, 1.807) is 6.07 Å². The van der Waals surface area contributed by atoms with E-state index < -0.39 is 42.0 Å². The molecule has 0 bridgehead atoms. The van der Waals surface area contributed by atoms with Crippen LogP contribution in [0.4, 0.5) is 5.69 Å². The molecule has 2 N–H and O–H groups in total. The van der Waals surface area contributed by atoms with E-state index in [4.69, 9.17) is 32.7 Å². The van der Waals surface area contributed by atoms with E-state index in [9.17, 15) is 29.1 Å². The predicted octanol–water partition coefficient (Wildman–Crippen LogP) is 4.25. The highest BCUT2D eigenvalue weighted by Crippen LogP contribution is 2.23. The summed E-state index contributed by atoms with van der Waals surface area (Å²) in [7, 11) is 1.13. The van der Waals surface area contributed by atoms with Crippen molar-refractivity contribution in [3.05, 3.63) is 99.5 Å². The lowest BCUT2D eigenvalue weighted by molar-refractivity contribution is -0.157. The Balaban J connectivity index is 1.99. The molecule has 0 saturated carbocycles. The van der Waals surface area contributed by atoms with Gasteiger partial charge in [0.2, 0.25) is 12.2 Å². The molecule has 0 heterocycles. The summed E-state index contributed by atoms with van der Waals surface area (Å²) in [5.74, 6) is -6.19. The van der Waals surface area contributed by atoms with Crippen LogP contribution in [0.2, 0.25) is 10.0 Å². The van der Waals surface area contributed by atoms with Crippen LogP contribution >= 0.6 is 23.2 Å². The number of hydrogen-bond donors (Lipinski definition) is 2. The fourth-order valence-corrected chi connectivity index (χ4v) is 3.62. The molecule has 2 atom stereocenters. The smallest absolute Gasteiger partial charge is 0.349 e. The van der Waals surface area contributed by atoms with E-state index in [1.165, 1.54) is 66.7 Å². The number of benzene rings is 3. The molecule has 38 heavy (non-hydrogen) atoms. The summed E-state index contributed by atoms with van der Waals surface area (Å²) in [6, 6.07) is 17.0. The van der Waals surface area contributed by atoms with Gasteiger partial charge in [-0.15, -0.1) is 0 Å². The van der Waals surface area contributed by atoms with Crippen LogP contribution in [0.5, 0.6) is 0 Å². The summed E-state index contributed by atoms with van der Waals surface area (Å²) in [6.07, 6.45) is -4.55. The monoisotopic (exact) mass is 559 g/mol. The van der Waals surface area contributed by atoms with Crippen LogP contribution in [0, 0.1) is 0 Å². The molecular weight excluding hydrogens is 541 g/mol. The summed E-state index contributed by atoms with van der Waals surface area (Å²) in [5.41, 5.74) is -0.513. The highest BCUT2D eigenvalue weighted by molar-refractivity contribution is 6.34. The lowest BCUT2D eigenvalue weighted by Gasteiger charge is -2.24. The molecule has 0 aliphatic carbocycles. The molecule has 0 aliphatic heterocycles. The standard InChI is InChI=1S/C26H19Cl2NO9/c1-36-24(33)16-10-4-7-13-19(16)29-22(30)20(37-25(34)14-8-2-5-11-17(14)27)21(23(31)32)38-26(35)15-9-3-6-12-18(15)28/h2-13,20-21H,1H3,(H,29,30)(H,31,32)/t20-,21+/m0/s1. The van der Waals surface area contributed by atoms with E-state index in [-0.39, 0.29) is 32.4 Å². The maximum atomic E-state index is 13.3. The van der Waals surface area contributed by atoms with E-state index in [0.29, 0.717) is 0 Å². The van der Waals surface area contributed by atoms with E-state index in [1.807, 2.05) is 0 Å². The molecular formula is C26H19Cl2NO9. The van der Waals surface area contributed by atoms with Crippen molar-refractivity contribution in [2.24, 2.45) is 0 Å². The molecule has 1 amide bonds. The van der Waals surface area contributed by atoms with Gasteiger partial charge in [-0.05, 0) is 36.4 Å². The first-order valence-corrected chi connectivity index (χ1v) is 11.5. The number of anilines is 1. The summed E-state index contributed by atoms with van der Waals surface area (Å²) in [4.78, 5) is 63.2. The number of ether oxygens (including phenoxy) is 3. The fourth-order valence-electron chi connectivity index (χ4n) is 3.19. The molecule has 0 saturated heterocycles. The number of carbonyl (C=O) groups is 5. The second kappa shape index (κ2) is 12.7. The maximum Gasteiger partial charge on any atom is 0.349 e. The molecule has 0 spiro atoms. The largest absolute Gasteiger partial charge is 0.478 e. The Morgan fingerprint density at radius 1 is 0.684 bits per heavy atom. The lowest BCUT2D eigenvalue weighted by atomic mass is 10.1. The van der Waals surface area contributed by atoms with Gasteiger partial charge in [-0.3, -0.25) is 4.79 Å². The van der Waals surface area contributed by atoms with Gasteiger partial charge in [0.15, 0.2) is 0 Å². The molecule has 0 aromatic heterocycles. The van der Waals surface area contributed by atoms with E-state index >= 15 is 0 Å². The molecule has 0 aliphatic rings. The second-order valence-electron chi connectivity index (χ2n) is 7.48. The zero-order valence-electron chi connectivity index (χ0n) is 19.6. The van der Waals surface area contributed by atoms with Crippen molar-refractivity contribution in [2.45, 2.75) is 12.2 Å². The van der Waals surface area contributed by atoms with Crippen LogP contribution in [-0.4, -0.2) is 54.2 Å². The minimum atomic E-state index is -2.32. The number of methoxy groups -OCH3 is 1. The van der Waals surface area contributed by atoms with Crippen molar-refractivity contribution in [1.29, 1.82) is 0 Å². The lowest BCUT2D eigenvalue weighted by Crippen LogP contribution is -2.48. The molecule has 10 nitrogen and oxygen atoms in total. The number of rotatable bonds is 9. The van der Waals surface area contributed by atoms with Crippen molar-refractivity contribution in [3.63, 3.8) is 0 Å². The topological polar surface area (TPSA) is 145 Å². The van der Waals surface area contributed by atoms with Gasteiger partial charge in [-0.1, -0.05) is 59.6 Å². The normalized spacial score (nSPS) is 12.0. The summed E-state index contributed by atoms with van der Waals surface area (Å²) in [5, 5.41) is 12.1. The summed E-state index contributed by atoms with van der Waals surface area (Å²) < 4.78 is 15.0. The van der Waals surface area contributed by atoms with Crippen molar-refractivity contribution >= 4 is 58.7 Å². The highest BCUT2D eigenvalue weighted by Gasteiger charge is 2.41. The van der Waals surface area contributed by atoms with Crippen molar-refractivity contribution in [3.8, 4) is 0 Å². The number of nitrogens with one attached hydrogen (secondary N) is 1. The number of aliphatic carboxylic acids is 1. The average Bonchev–Trinajstić information content (AvgIpc) is 2.90. The van der Waals surface area contributed by atoms with Crippen LogP contribution in [-0.2, 0) is 23.8 Å². The van der Waals surface area contributed by atoms with Gasteiger partial charge in [0, 0.05) is 0 Å². The Kier molecular flexibility index (Phi) is 9.42. The van der Waals surface area contributed by atoms with Gasteiger partial charge in [0.1, 0.15) is 0 Å². The first kappa shape index (κ1) is 28.2. The molecule has 0 unspecified atom stereocenters. The second-order valence-corrected chi connectivity index (χ2v) is 8.29. The zero-order valence-corrected chi connectivity index (χ0v) is 21.1. The minimum Gasteiger partial charge on any atom is -0.478 e. The van der Waals surface area contributed by atoms with Crippen molar-refractivity contribution < 1.29 is 43.3 Å². The van der Waals surface area contributed by atoms with Crippen LogP contribution in [0.3, 0.4) is 0 Å². The van der Waals surface area contributed by atoms with Crippen LogP contribution in [0.1, 0.15) is 31.1 Å². The predicted molar refractivity (Wildman–Crippen MR) is 135 cm³/mol. The Morgan fingerprint density at radius 3 is 1.61 bits per heavy atom. The molecule has 0 radical (unpaired) electrons. The third kappa shape index (κ3) is 6.67. The molecule has 12 heteroatoms. The minimum absolute atomic E-state index is 0.0346. The number of carboxylic acids is 1. The quantitative estimate of drug-likeness (QED) is 0.290. The third-order valence-electron chi connectivity index (χ3n) is 5.02. The van der Waals surface area contributed by atoms with E-state index in [2.05, 4.69) is 10.1 Å². The van der Waals surface area contributed by atoms with Gasteiger partial charge in [0.05, 0.1) is 39.5 Å². The van der Waals surface area contributed by atoms with Crippen LogP contribution in [0.15, 0.2) is 72.8 Å². The molecule has 3 aromatic carbocycles. The zero-order chi connectivity index (χ0) is 27.8. The van der Waals surface area contributed by atoms with Gasteiger partial charge in [-0.25, -0.2) is 19.2 Å². The van der Waals surface area contributed by atoms with E-state index in [0.717, 1.165) is 7.11 Å². The number of para-hydroxylation sites is 1. The Morgan fingerprint density at radius 2 is 1.13 bits per heavy atom. The molecule has 196 valence electrons. The molecule has 0 fully saturated rings. The maximum absolute atomic E-state index is 13.3. The number of amides is 1. The number of esters is 3. The molecule has 3 aromatic rings. The number of carbonyl (C=O) groups excluding carboxylic acids is 4. The van der Waals surface area contributed by atoms with Gasteiger partial charge in [-0.2, -0.15) is 0 Å². The van der Waals surface area contributed by atoms with Crippen LogP contribution < -0.4 is 5.32 Å². The average molecular weight is 560 g/mol. The SMILES string of the molecule is COC(=O)c1ccccc1NC(=O)[C@@H](OC(=O)c1ccccc1Cl)[C@@H](OC(=O)c1ccccc1Cl)C(=O)O. The fraction of sp³-hybridized carbons (Fsp3) is 0.115. The number of hydrogen-bond acceptors (Lipinski definition) is 8. The van der Waals surface area contributed by atoms with Crippen LogP contribution in [0.25, 0.3) is 0 Å². The first-order valence-electron chi connectivity index (χ1n) is 10.8. The first-order chi connectivity index (χ1) is 18.1. The van der Waals surface area contributed by atoms with Gasteiger partial charge >= 0.3 is 23.9 Å².